The van der Waals surface area contributed by atoms with Crippen molar-refractivity contribution in [1.82, 2.24) is 10.2 Å². The van der Waals surface area contributed by atoms with Gasteiger partial charge < -0.3 is 31.5 Å². The highest BCUT2D eigenvalue weighted by atomic mass is 16.3. The number of Topliss-reactive ketones (excluding diaryl/α,β-unsaturated/α-hetero) is 2. The Balaban J connectivity index is 1.89. The van der Waals surface area contributed by atoms with Crippen molar-refractivity contribution in [2.75, 3.05) is 20.6 Å². The number of likely N-dealkylation sites (N-methyl/N-ethyl adjacent to an activating group) is 1. The smallest absolute Gasteiger partial charge is 0.255 e. The summed E-state index contributed by atoms with van der Waals surface area (Å²) < 4.78 is 0. The number of carbonyl (C=O) groups excluding carboxylic acids is 3. The lowest BCUT2D eigenvalue weighted by atomic mass is 9.58. The van der Waals surface area contributed by atoms with Gasteiger partial charge in [0.15, 0.2) is 11.4 Å². The molecule has 0 radical (unpaired) electrons. The number of nitrogens with zero attached hydrogens (tertiary/aromatic N) is 1. The molecule has 0 fully saturated rings. The fourth-order valence-electron chi connectivity index (χ4n) is 6.40. The largest absolute Gasteiger partial charge is 0.510 e. The van der Waals surface area contributed by atoms with Crippen LogP contribution in [-0.2, 0) is 29.0 Å². The number of aryl methyl sites for hydroxylation is 1. The molecule has 3 aliphatic rings. The van der Waals surface area contributed by atoms with E-state index in [1.165, 1.54) is 4.90 Å². The molecule has 0 aromatic heterocycles. The van der Waals surface area contributed by atoms with Crippen LogP contribution in [0, 0.1) is 17.8 Å². The first-order valence-corrected chi connectivity index (χ1v) is 13.0. The number of aliphatic hydroxyl groups excluding tert-OH is 2. The first-order chi connectivity index (χ1) is 17.8. The molecular weight excluding hydrogens is 490 g/mol. The monoisotopic (exact) mass is 527 g/mol. The van der Waals surface area contributed by atoms with Gasteiger partial charge in [-0.15, -0.1) is 0 Å². The van der Waals surface area contributed by atoms with E-state index in [2.05, 4.69) is 19.2 Å². The molecule has 0 bridgehead atoms. The maximum absolute atomic E-state index is 13.9. The van der Waals surface area contributed by atoms with Gasteiger partial charge in [-0.3, -0.25) is 19.3 Å². The van der Waals surface area contributed by atoms with Gasteiger partial charge in [0.1, 0.15) is 22.8 Å². The molecule has 206 valence electrons. The van der Waals surface area contributed by atoms with Gasteiger partial charge in [0.25, 0.3) is 5.91 Å². The Labute approximate surface area is 221 Å². The summed E-state index contributed by atoms with van der Waals surface area (Å²) in [5.41, 5.74) is 3.97. The number of aliphatic hydroxyl groups is 3. The predicted molar refractivity (Wildman–Crippen MR) is 140 cm³/mol. The zero-order valence-corrected chi connectivity index (χ0v) is 22.5. The molecule has 0 heterocycles. The zero-order valence-electron chi connectivity index (χ0n) is 22.5. The average molecular weight is 528 g/mol. The Hall–Kier alpha value is -3.21. The Kier molecular flexibility index (Phi) is 7.20. The number of hydrogen-bond donors (Lipinski definition) is 6. The zero-order chi connectivity index (χ0) is 28.3. The van der Waals surface area contributed by atoms with Gasteiger partial charge in [-0.2, -0.15) is 0 Å². The quantitative estimate of drug-likeness (QED) is 0.287. The van der Waals surface area contributed by atoms with Gasteiger partial charge in [0, 0.05) is 23.6 Å². The second-order valence-electron chi connectivity index (χ2n) is 11.2. The van der Waals surface area contributed by atoms with Crippen molar-refractivity contribution in [2.45, 2.75) is 58.2 Å². The summed E-state index contributed by atoms with van der Waals surface area (Å²) in [5, 5.41) is 48.4. The maximum atomic E-state index is 13.9. The number of fused-ring (bicyclic) bond motifs is 3. The first-order valence-electron chi connectivity index (χ1n) is 13.0. The Bertz CT molecular complexity index is 1280. The van der Waals surface area contributed by atoms with E-state index in [4.69, 9.17) is 5.73 Å². The Morgan fingerprint density at radius 1 is 1.21 bits per heavy atom. The van der Waals surface area contributed by atoms with Crippen LogP contribution in [0.15, 0.2) is 28.7 Å². The number of rotatable bonds is 7. The van der Waals surface area contributed by atoms with Crippen LogP contribution in [0.25, 0.3) is 0 Å². The average Bonchev–Trinajstić information content (AvgIpc) is 2.82. The lowest BCUT2D eigenvalue weighted by Crippen LogP contribution is -2.63. The molecule has 10 heteroatoms. The fourth-order valence-corrected chi connectivity index (χ4v) is 6.40. The van der Waals surface area contributed by atoms with E-state index in [-0.39, 0.29) is 23.3 Å². The molecular formula is C28H37N3O7. The number of benzene rings is 1. The molecule has 1 amide bonds. The molecule has 4 atom stereocenters. The summed E-state index contributed by atoms with van der Waals surface area (Å²) in [6.07, 6.45) is 0.987. The summed E-state index contributed by atoms with van der Waals surface area (Å²) in [7, 11) is 3.21. The number of hydrogen-bond acceptors (Lipinski definition) is 9. The van der Waals surface area contributed by atoms with Crippen molar-refractivity contribution < 1.29 is 34.8 Å². The van der Waals surface area contributed by atoms with Crippen molar-refractivity contribution in [3.63, 3.8) is 0 Å². The van der Waals surface area contributed by atoms with Crippen LogP contribution in [0.4, 0.5) is 0 Å². The highest BCUT2D eigenvalue weighted by Gasteiger charge is 2.63. The van der Waals surface area contributed by atoms with E-state index >= 15 is 0 Å². The van der Waals surface area contributed by atoms with Crippen LogP contribution >= 0.6 is 0 Å². The summed E-state index contributed by atoms with van der Waals surface area (Å²) in [6.45, 7) is 7.13. The van der Waals surface area contributed by atoms with Gasteiger partial charge in [0.05, 0.1) is 11.6 Å². The van der Waals surface area contributed by atoms with Crippen LogP contribution < -0.4 is 11.1 Å². The predicted octanol–water partition coefficient (Wildman–Crippen LogP) is 1.43. The van der Waals surface area contributed by atoms with Crippen LogP contribution in [0.3, 0.4) is 0 Å². The van der Waals surface area contributed by atoms with E-state index < -0.39 is 58.0 Å². The fraction of sp³-hybridized carbons (Fsp3) is 0.536. The number of carbonyl (C=O) groups is 3. The molecule has 4 rings (SSSR count). The van der Waals surface area contributed by atoms with E-state index in [1.54, 1.807) is 14.1 Å². The van der Waals surface area contributed by atoms with Crippen LogP contribution in [0.1, 0.15) is 54.2 Å². The highest BCUT2D eigenvalue weighted by molar-refractivity contribution is 6.24. The SMILES string of the molecule is CCc1cc(CNCC(C)C)c(O)c2c1CC1CC3C(N(C)C)C(O)=C(C(N)=O)C(=O)C3(O)C(O)=C1C2=O. The van der Waals surface area contributed by atoms with Crippen LogP contribution in [-0.4, -0.2) is 75.1 Å². The number of phenolic OH excluding ortho intramolecular Hbond substituents is 1. The van der Waals surface area contributed by atoms with Crippen LogP contribution in [0.2, 0.25) is 0 Å². The molecule has 38 heavy (non-hydrogen) atoms. The minimum atomic E-state index is -2.63. The van der Waals surface area contributed by atoms with Gasteiger partial charge in [0.2, 0.25) is 5.78 Å². The molecule has 4 unspecified atom stereocenters. The molecule has 1 aromatic carbocycles. The lowest BCUT2D eigenvalue weighted by molar-refractivity contribution is -0.148. The normalized spacial score (nSPS) is 27.1. The van der Waals surface area contributed by atoms with Gasteiger partial charge in [-0.25, -0.2) is 0 Å². The summed E-state index contributed by atoms with van der Waals surface area (Å²) in [5.74, 6) is -5.98. The van der Waals surface area contributed by atoms with Gasteiger partial charge in [-0.05, 0) is 62.9 Å². The molecule has 10 nitrogen and oxygen atoms in total. The first kappa shape index (κ1) is 27.8. The highest BCUT2D eigenvalue weighted by Crippen LogP contribution is 2.52. The van der Waals surface area contributed by atoms with E-state index in [0.29, 0.717) is 43.0 Å². The Morgan fingerprint density at radius 2 is 1.87 bits per heavy atom. The number of phenols is 1. The molecule has 0 aliphatic heterocycles. The molecule has 0 saturated carbocycles. The number of nitrogens with two attached hydrogens (primary N) is 1. The standard InChI is InChI=1S/C28H37N3O7/c1-6-13-7-15(11-30-10-12(2)3)22(32)19-16(13)8-14-9-17-21(31(4)5)24(34)20(27(29)37)26(36)28(17,38)25(35)18(14)23(19)33/h7,12,14,17,21,30,32,34-35,38H,6,8-11H2,1-5H3,(H2,29,37). The second-order valence-corrected chi connectivity index (χ2v) is 11.2. The Morgan fingerprint density at radius 3 is 2.42 bits per heavy atom. The third-order valence-electron chi connectivity index (χ3n) is 8.14. The number of ketones is 2. The van der Waals surface area contributed by atoms with Crippen molar-refractivity contribution in [1.29, 1.82) is 0 Å². The van der Waals surface area contributed by atoms with E-state index in [1.807, 2.05) is 13.0 Å². The van der Waals surface area contributed by atoms with Crippen molar-refractivity contribution in [3.05, 3.63) is 51.0 Å². The topological polar surface area (TPSA) is 173 Å². The molecule has 0 saturated heterocycles. The molecule has 0 spiro atoms. The molecule has 7 N–H and O–H groups in total. The lowest BCUT2D eigenvalue weighted by Gasteiger charge is -2.50. The summed E-state index contributed by atoms with van der Waals surface area (Å²) in [4.78, 5) is 40.9. The number of amides is 1. The molecule has 1 aromatic rings. The number of nitrogens with one attached hydrogen (secondary N) is 1. The van der Waals surface area contributed by atoms with Crippen molar-refractivity contribution in [2.24, 2.45) is 23.5 Å². The molecule has 3 aliphatic carbocycles. The summed E-state index contributed by atoms with van der Waals surface area (Å²) >= 11 is 0. The number of allylic oxidation sites excluding steroid dienone is 1. The summed E-state index contributed by atoms with van der Waals surface area (Å²) in [6, 6.07) is 0.886. The van der Waals surface area contributed by atoms with Crippen molar-refractivity contribution >= 4 is 17.5 Å². The van der Waals surface area contributed by atoms with E-state index in [9.17, 15) is 34.8 Å². The minimum absolute atomic E-state index is 0.0616. The minimum Gasteiger partial charge on any atom is -0.510 e. The second kappa shape index (κ2) is 9.83. The number of primary amides is 1. The third-order valence-corrected chi connectivity index (χ3v) is 8.14. The maximum Gasteiger partial charge on any atom is 0.255 e. The van der Waals surface area contributed by atoms with Crippen molar-refractivity contribution in [3.8, 4) is 5.75 Å². The van der Waals surface area contributed by atoms with Gasteiger partial charge in [-0.1, -0.05) is 26.8 Å². The van der Waals surface area contributed by atoms with Crippen LogP contribution in [0.5, 0.6) is 5.75 Å². The number of aromatic hydroxyl groups is 1. The van der Waals surface area contributed by atoms with E-state index in [0.717, 1.165) is 5.56 Å². The van der Waals surface area contributed by atoms with Gasteiger partial charge >= 0.3 is 0 Å². The third kappa shape index (κ3) is 4.02.